The average molecular weight is 525 g/mol. The molecule has 0 saturated carbocycles. The fourth-order valence-corrected chi connectivity index (χ4v) is 5.18. The van der Waals surface area contributed by atoms with Crippen LogP contribution in [0.2, 0.25) is 0 Å². The zero-order valence-electron chi connectivity index (χ0n) is 21.4. The van der Waals surface area contributed by atoms with Crippen molar-refractivity contribution < 1.29 is 9.53 Å². The third-order valence-electron chi connectivity index (χ3n) is 6.30. The lowest BCUT2D eigenvalue weighted by Crippen LogP contribution is -2.25. The number of aromatic nitrogens is 3. The van der Waals surface area contributed by atoms with E-state index in [1.54, 1.807) is 11.7 Å². The quantitative estimate of drug-likeness (QED) is 0.198. The highest BCUT2D eigenvalue weighted by Gasteiger charge is 2.18. The van der Waals surface area contributed by atoms with Crippen molar-refractivity contribution in [1.82, 2.24) is 14.5 Å². The SMILES string of the molecule is COc1cccc(Cn2c(SCC(=O)Nc3ccc(C)cc3C)nc3c(-c4ccccc4)c[nH]c3c2=O)c1. The molecule has 192 valence electrons. The van der Waals surface area contributed by atoms with Gasteiger partial charge in [-0.15, -0.1) is 0 Å². The maximum atomic E-state index is 13.7. The van der Waals surface area contributed by atoms with Gasteiger partial charge in [-0.1, -0.05) is 71.9 Å². The van der Waals surface area contributed by atoms with Crippen molar-refractivity contribution in [2.75, 3.05) is 18.2 Å². The summed E-state index contributed by atoms with van der Waals surface area (Å²) in [6.07, 6.45) is 1.81. The number of aryl methyl sites for hydroxylation is 2. The predicted octanol–water partition coefficient (Wildman–Crippen LogP) is 5.80. The number of rotatable bonds is 8. The third kappa shape index (κ3) is 5.35. The molecular weight excluding hydrogens is 496 g/mol. The largest absolute Gasteiger partial charge is 0.497 e. The van der Waals surface area contributed by atoms with Crippen molar-refractivity contribution in [3.05, 3.63) is 106 Å². The van der Waals surface area contributed by atoms with E-state index in [0.717, 1.165) is 33.5 Å². The molecule has 3 aromatic carbocycles. The number of aromatic amines is 1. The molecule has 5 rings (SSSR count). The van der Waals surface area contributed by atoms with Crippen molar-refractivity contribution in [3.63, 3.8) is 0 Å². The van der Waals surface area contributed by atoms with E-state index in [1.165, 1.54) is 11.8 Å². The van der Waals surface area contributed by atoms with Gasteiger partial charge in [0.05, 0.1) is 19.4 Å². The van der Waals surface area contributed by atoms with Gasteiger partial charge in [0.1, 0.15) is 16.8 Å². The van der Waals surface area contributed by atoms with Crippen LogP contribution in [0.5, 0.6) is 5.75 Å². The monoisotopic (exact) mass is 524 g/mol. The summed E-state index contributed by atoms with van der Waals surface area (Å²) in [7, 11) is 1.61. The maximum Gasteiger partial charge on any atom is 0.278 e. The van der Waals surface area contributed by atoms with Crippen molar-refractivity contribution in [1.29, 1.82) is 0 Å². The number of carbonyl (C=O) groups excluding carboxylic acids is 1. The smallest absolute Gasteiger partial charge is 0.278 e. The van der Waals surface area contributed by atoms with Crippen LogP contribution in [-0.4, -0.2) is 33.3 Å². The van der Waals surface area contributed by atoms with Crippen LogP contribution in [-0.2, 0) is 11.3 Å². The number of nitrogens with one attached hydrogen (secondary N) is 2. The molecular formula is C30H28N4O3S. The number of hydrogen-bond acceptors (Lipinski definition) is 5. The fourth-order valence-electron chi connectivity index (χ4n) is 4.38. The molecule has 0 spiro atoms. The van der Waals surface area contributed by atoms with Gasteiger partial charge in [0.25, 0.3) is 5.56 Å². The second kappa shape index (κ2) is 11.0. The number of amides is 1. The van der Waals surface area contributed by atoms with Crippen LogP contribution in [0.25, 0.3) is 22.2 Å². The highest BCUT2D eigenvalue weighted by Crippen LogP contribution is 2.28. The Hall–Kier alpha value is -4.30. The fraction of sp³-hybridized carbons (Fsp3) is 0.167. The standard InChI is InChI=1S/C30H28N4O3S/c1-19-12-13-25(20(2)14-19)32-26(35)18-38-30-33-27-24(22-9-5-4-6-10-22)16-31-28(27)29(36)34(30)17-21-8-7-11-23(15-21)37-3/h4-16,31H,17-18H2,1-3H3,(H,32,35). The molecule has 7 nitrogen and oxygen atoms in total. The number of methoxy groups -OCH3 is 1. The Morgan fingerprint density at radius 1 is 1.05 bits per heavy atom. The van der Waals surface area contributed by atoms with E-state index in [0.29, 0.717) is 28.5 Å². The van der Waals surface area contributed by atoms with Gasteiger partial charge >= 0.3 is 0 Å². The van der Waals surface area contributed by atoms with Crippen molar-refractivity contribution in [3.8, 4) is 16.9 Å². The Bertz CT molecular complexity index is 1670. The normalized spacial score (nSPS) is 11.0. The van der Waals surface area contributed by atoms with Crippen LogP contribution in [0.4, 0.5) is 5.69 Å². The number of nitrogens with zero attached hydrogens (tertiary/aromatic N) is 2. The molecule has 0 atom stereocenters. The molecule has 0 aliphatic heterocycles. The highest BCUT2D eigenvalue weighted by molar-refractivity contribution is 7.99. The van der Waals surface area contributed by atoms with Crippen LogP contribution >= 0.6 is 11.8 Å². The van der Waals surface area contributed by atoms with E-state index in [2.05, 4.69) is 10.3 Å². The number of H-pyrrole nitrogens is 1. The molecule has 0 bridgehead atoms. The van der Waals surface area contributed by atoms with E-state index in [4.69, 9.17) is 9.72 Å². The van der Waals surface area contributed by atoms with E-state index >= 15 is 0 Å². The summed E-state index contributed by atoms with van der Waals surface area (Å²) in [4.78, 5) is 34.6. The number of thioether (sulfide) groups is 1. The molecule has 0 aliphatic carbocycles. The number of hydrogen-bond donors (Lipinski definition) is 2. The minimum absolute atomic E-state index is 0.106. The lowest BCUT2D eigenvalue weighted by molar-refractivity contribution is -0.113. The average Bonchev–Trinajstić information content (AvgIpc) is 3.35. The molecule has 0 aliphatic rings. The molecule has 1 amide bonds. The van der Waals surface area contributed by atoms with Gasteiger partial charge < -0.3 is 15.0 Å². The molecule has 0 fully saturated rings. The lowest BCUT2D eigenvalue weighted by Gasteiger charge is -2.14. The van der Waals surface area contributed by atoms with Crippen LogP contribution in [0, 0.1) is 13.8 Å². The predicted molar refractivity (Wildman–Crippen MR) is 153 cm³/mol. The molecule has 0 radical (unpaired) electrons. The summed E-state index contributed by atoms with van der Waals surface area (Å²) in [5, 5.41) is 3.45. The minimum atomic E-state index is -0.197. The van der Waals surface area contributed by atoms with E-state index < -0.39 is 0 Å². The van der Waals surface area contributed by atoms with Crippen molar-refractivity contribution in [2.45, 2.75) is 25.5 Å². The summed E-state index contributed by atoms with van der Waals surface area (Å²) in [6, 6.07) is 23.3. The first-order valence-electron chi connectivity index (χ1n) is 12.2. The van der Waals surface area contributed by atoms with E-state index in [-0.39, 0.29) is 17.2 Å². The minimum Gasteiger partial charge on any atom is -0.497 e. The Balaban J connectivity index is 1.51. The third-order valence-corrected chi connectivity index (χ3v) is 7.27. The Labute approximate surface area is 224 Å². The number of fused-ring (bicyclic) bond motifs is 1. The first-order valence-corrected chi connectivity index (χ1v) is 13.2. The summed E-state index contributed by atoms with van der Waals surface area (Å²) in [6.45, 7) is 4.27. The molecule has 8 heteroatoms. The topological polar surface area (TPSA) is 89.0 Å². The molecule has 2 heterocycles. The van der Waals surface area contributed by atoms with Gasteiger partial charge in [-0.05, 0) is 48.7 Å². The first kappa shape index (κ1) is 25.4. The Morgan fingerprint density at radius 2 is 1.87 bits per heavy atom. The zero-order valence-corrected chi connectivity index (χ0v) is 22.3. The van der Waals surface area contributed by atoms with E-state index in [9.17, 15) is 9.59 Å². The van der Waals surface area contributed by atoms with Crippen LogP contribution in [0.1, 0.15) is 16.7 Å². The number of anilines is 1. The molecule has 2 aromatic heterocycles. The first-order chi connectivity index (χ1) is 18.4. The maximum absolute atomic E-state index is 13.7. The summed E-state index contributed by atoms with van der Waals surface area (Å²) >= 11 is 1.24. The summed E-state index contributed by atoms with van der Waals surface area (Å²) in [5.74, 6) is 0.647. The van der Waals surface area contributed by atoms with E-state index in [1.807, 2.05) is 92.8 Å². The molecule has 5 aromatic rings. The summed E-state index contributed by atoms with van der Waals surface area (Å²) in [5.41, 5.74) is 6.41. The van der Waals surface area contributed by atoms with Crippen molar-refractivity contribution in [2.24, 2.45) is 0 Å². The van der Waals surface area contributed by atoms with Gasteiger partial charge in [0.2, 0.25) is 5.91 Å². The Kier molecular flexibility index (Phi) is 7.33. The van der Waals surface area contributed by atoms with Crippen molar-refractivity contribution >= 4 is 34.4 Å². The van der Waals surface area contributed by atoms with Gasteiger partial charge in [0, 0.05) is 17.4 Å². The number of benzene rings is 3. The van der Waals surface area contributed by atoms with Gasteiger partial charge in [-0.3, -0.25) is 14.2 Å². The summed E-state index contributed by atoms with van der Waals surface area (Å²) < 4.78 is 6.97. The van der Waals surface area contributed by atoms with Crippen LogP contribution in [0.3, 0.4) is 0 Å². The molecule has 2 N–H and O–H groups in total. The van der Waals surface area contributed by atoms with Gasteiger partial charge in [-0.25, -0.2) is 4.98 Å². The molecule has 38 heavy (non-hydrogen) atoms. The van der Waals surface area contributed by atoms with Gasteiger partial charge in [0.15, 0.2) is 5.16 Å². The zero-order chi connectivity index (χ0) is 26.6. The second-order valence-electron chi connectivity index (χ2n) is 9.08. The van der Waals surface area contributed by atoms with Gasteiger partial charge in [-0.2, -0.15) is 0 Å². The number of carbonyl (C=O) groups is 1. The number of ether oxygens (including phenoxy) is 1. The second-order valence-corrected chi connectivity index (χ2v) is 10.0. The highest BCUT2D eigenvalue weighted by atomic mass is 32.2. The molecule has 0 unspecified atom stereocenters. The van der Waals surface area contributed by atoms with Crippen LogP contribution in [0.15, 0.2) is 88.9 Å². The van der Waals surface area contributed by atoms with Crippen LogP contribution < -0.4 is 15.6 Å². The molecule has 0 saturated heterocycles. The Morgan fingerprint density at radius 3 is 2.63 bits per heavy atom. The lowest BCUT2D eigenvalue weighted by atomic mass is 10.1.